The molecule has 1 aliphatic heterocycles. The number of thioether (sulfide) groups is 1. The molecule has 0 N–H and O–H groups in total. The molecular weight excluding hydrogens is 312 g/mol. The maximum atomic E-state index is 12.8. The monoisotopic (exact) mass is 336 g/mol. The van der Waals surface area contributed by atoms with Gasteiger partial charge in [0.15, 0.2) is 0 Å². The normalized spacial score (nSPS) is 26.7. The van der Waals surface area contributed by atoms with Gasteiger partial charge in [0.05, 0.1) is 12.1 Å². The van der Waals surface area contributed by atoms with Gasteiger partial charge in [-0.1, -0.05) is 0 Å². The Balaban J connectivity index is 1.66. The fourth-order valence-electron chi connectivity index (χ4n) is 3.03. The lowest BCUT2D eigenvalue weighted by molar-refractivity contribution is -0.144. The van der Waals surface area contributed by atoms with E-state index >= 15 is 0 Å². The molecule has 0 spiro atoms. The lowest BCUT2D eigenvalue weighted by atomic mass is 10.1. The third-order valence-corrected chi connectivity index (χ3v) is 5.85. The van der Waals surface area contributed by atoms with Gasteiger partial charge >= 0.3 is 0 Å². The molecule has 7 heteroatoms. The highest BCUT2D eigenvalue weighted by atomic mass is 32.2. The molecule has 1 saturated heterocycles. The fraction of sp³-hybridized carbons (Fsp3) is 0.688. The Morgan fingerprint density at radius 1 is 1.43 bits per heavy atom. The minimum atomic E-state index is -0.310. The van der Waals surface area contributed by atoms with Crippen LogP contribution in [0.3, 0.4) is 0 Å². The van der Waals surface area contributed by atoms with E-state index in [9.17, 15) is 9.59 Å². The molecule has 0 aromatic carbocycles. The topological polar surface area (TPSA) is 58.4 Å². The Morgan fingerprint density at radius 2 is 2.17 bits per heavy atom. The Kier molecular flexibility index (Phi) is 4.40. The Labute approximate surface area is 141 Å². The van der Waals surface area contributed by atoms with Crippen LogP contribution in [0.15, 0.2) is 12.4 Å². The SMILES string of the molecule is CC(C)N(C)C(=O)C1CSCN1C(=O)[C@@H]1C[C@H]1c1cnn(C)c1. The quantitative estimate of drug-likeness (QED) is 0.831. The molecule has 2 aliphatic rings. The largest absolute Gasteiger partial charge is 0.342 e. The Morgan fingerprint density at radius 3 is 2.78 bits per heavy atom. The zero-order valence-corrected chi connectivity index (χ0v) is 14.9. The number of likely N-dealkylation sites (N-methyl/N-ethyl adjacent to an activating group) is 1. The summed E-state index contributed by atoms with van der Waals surface area (Å²) in [7, 11) is 3.70. The van der Waals surface area contributed by atoms with Crippen molar-refractivity contribution in [2.24, 2.45) is 13.0 Å². The maximum Gasteiger partial charge on any atom is 0.246 e. The van der Waals surface area contributed by atoms with Crippen molar-refractivity contribution in [1.82, 2.24) is 19.6 Å². The molecule has 2 heterocycles. The summed E-state index contributed by atoms with van der Waals surface area (Å²) in [5, 5.41) is 4.18. The molecule has 1 unspecified atom stereocenters. The minimum Gasteiger partial charge on any atom is -0.342 e. The predicted octanol–water partition coefficient (Wildman–Crippen LogP) is 1.29. The summed E-state index contributed by atoms with van der Waals surface area (Å²) in [6.45, 7) is 3.98. The molecule has 3 rings (SSSR count). The van der Waals surface area contributed by atoms with Crippen molar-refractivity contribution in [3.05, 3.63) is 18.0 Å². The average Bonchev–Trinajstić information content (AvgIpc) is 2.94. The van der Waals surface area contributed by atoms with E-state index < -0.39 is 0 Å². The molecule has 2 fully saturated rings. The average molecular weight is 336 g/mol. The Bertz CT molecular complexity index is 615. The number of aryl methyl sites for hydroxylation is 1. The van der Waals surface area contributed by atoms with Gasteiger partial charge < -0.3 is 9.80 Å². The molecule has 2 amide bonds. The molecule has 6 nitrogen and oxygen atoms in total. The lowest BCUT2D eigenvalue weighted by Crippen LogP contribution is -2.50. The predicted molar refractivity (Wildman–Crippen MR) is 89.9 cm³/mol. The summed E-state index contributed by atoms with van der Waals surface area (Å²) < 4.78 is 1.77. The first kappa shape index (κ1) is 16.4. The maximum absolute atomic E-state index is 12.8. The number of carbonyl (C=O) groups is 2. The van der Waals surface area contributed by atoms with E-state index in [1.54, 1.807) is 26.2 Å². The van der Waals surface area contributed by atoms with Crippen LogP contribution in [0.4, 0.5) is 0 Å². The summed E-state index contributed by atoms with van der Waals surface area (Å²) in [6.07, 6.45) is 4.68. The van der Waals surface area contributed by atoms with Crippen LogP contribution in [0, 0.1) is 5.92 Å². The standard InChI is InChI=1S/C16H24N4O2S/c1-10(2)19(4)16(22)14-8-23-9-20(14)15(21)13-5-12(13)11-6-17-18(3)7-11/h6-7,10,12-14H,5,8-9H2,1-4H3/t12-,13+,14?/m0/s1. The molecule has 0 radical (unpaired) electrons. The summed E-state index contributed by atoms with van der Waals surface area (Å²) in [5.74, 6) is 1.78. The van der Waals surface area contributed by atoms with Gasteiger partial charge in [-0.15, -0.1) is 11.8 Å². The van der Waals surface area contributed by atoms with Gasteiger partial charge in [0.25, 0.3) is 0 Å². The van der Waals surface area contributed by atoms with Gasteiger partial charge in [0, 0.05) is 38.0 Å². The van der Waals surface area contributed by atoms with Gasteiger partial charge in [0.2, 0.25) is 11.8 Å². The van der Waals surface area contributed by atoms with Crippen molar-refractivity contribution in [1.29, 1.82) is 0 Å². The number of carbonyl (C=O) groups excluding carboxylic acids is 2. The van der Waals surface area contributed by atoms with Crippen LogP contribution in [0.5, 0.6) is 0 Å². The molecule has 23 heavy (non-hydrogen) atoms. The second-order valence-electron chi connectivity index (χ2n) is 6.76. The van der Waals surface area contributed by atoms with Crippen LogP contribution in [0.1, 0.15) is 31.7 Å². The van der Waals surface area contributed by atoms with Gasteiger partial charge in [-0.3, -0.25) is 14.3 Å². The number of hydrogen-bond donors (Lipinski definition) is 0. The summed E-state index contributed by atoms with van der Waals surface area (Å²) in [6, 6.07) is -0.163. The number of nitrogens with zero attached hydrogens (tertiary/aromatic N) is 4. The minimum absolute atomic E-state index is 0.0116. The molecule has 1 aromatic rings. The first-order chi connectivity index (χ1) is 10.9. The number of aromatic nitrogens is 2. The zero-order chi connectivity index (χ0) is 16.7. The van der Waals surface area contributed by atoms with Crippen LogP contribution in [0.2, 0.25) is 0 Å². The molecule has 126 valence electrons. The van der Waals surface area contributed by atoms with Crippen molar-refractivity contribution < 1.29 is 9.59 Å². The first-order valence-corrected chi connectivity index (χ1v) is 9.19. The van der Waals surface area contributed by atoms with E-state index in [2.05, 4.69) is 5.10 Å². The van der Waals surface area contributed by atoms with E-state index in [0.717, 1.165) is 12.0 Å². The molecule has 0 bridgehead atoms. The summed E-state index contributed by atoms with van der Waals surface area (Å²) >= 11 is 1.66. The van der Waals surface area contributed by atoms with Crippen LogP contribution >= 0.6 is 11.8 Å². The van der Waals surface area contributed by atoms with Crippen molar-refractivity contribution in [2.75, 3.05) is 18.7 Å². The summed E-state index contributed by atoms with van der Waals surface area (Å²) in [5.41, 5.74) is 1.12. The van der Waals surface area contributed by atoms with Crippen molar-refractivity contribution in [3.63, 3.8) is 0 Å². The second-order valence-corrected chi connectivity index (χ2v) is 7.76. The third-order valence-electron chi connectivity index (χ3n) is 4.83. The summed E-state index contributed by atoms with van der Waals surface area (Å²) in [4.78, 5) is 28.9. The van der Waals surface area contributed by atoms with E-state index in [0.29, 0.717) is 11.6 Å². The van der Waals surface area contributed by atoms with Gasteiger partial charge in [0.1, 0.15) is 6.04 Å². The number of amides is 2. The van der Waals surface area contributed by atoms with E-state index in [1.807, 2.05) is 40.3 Å². The lowest BCUT2D eigenvalue weighted by Gasteiger charge is -2.29. The van der Waals surface area contributed by atoms with E-state index in [1.165, 1.54) is 0 Å². The molecule has 3 atom stereocenters. The van der Waals surface area contributed by atoms with Gasteiger partial charge in [-0.2, -0.15) is 5.10 Å². The number of rotatable bonds is 4. The Hall–Kier alpha value is -1.50. The number of hydrogen-bond acceptors (Lipinski definition) is 4. The highest BCUT2D eigenvalue weighted by molar-refractivity contribution is 7.99. The van der Waals surface area contributed by atoms with Crippen LogP contribution in [-0.2, 0) is 16.6 Å². The van der Waals surface area contributed by atoms with E-state index in [4.69, 9.17) is 0 Å². The molecule has 1 aliphatic carbocycles. The van der Waals surface area contributed by atoms with Crippen LogP contribution in [0.25, 0.3) is 0 Å². The van der Waals surface area contributed by atoms with Crippen molar-refractivity contribution >= 4 is 23.6 Å². The van der Waals surface area contributed by atoms with Crippen molar-refractivity contribution in [2.45, 2.75) is 38.3 Å². The highest BCUT2D eigenvalue weighted by Crippen LogP contribution is 2.49. The molecule has 1 aromatic heterocycles. The first-order valence-electron chi connectivity index (χ1n) is 8.03. The fourth-order valence-corrected chi connectivity index (χ4v) is 4.19. The zero-order valence-electron chi connectivity index (χ0n) is 14.1. The van der Waals surface area contributed by atoms with Gasteiger partial charge in [-0.25, -0.2) is 0 Å². The second kappa shape index (κ2) is 6.19. The highest BCUT2D eigenvalue weighted by Gasteiger charge is 2.49. The van der Waals surface area contributed by atoms with Crippen molar-refractivity contribution in [3.8, 4) is 0 Å². The third kappa shape index (κ3) is 3.11. The van der Waals surface area contributed by atoms with Crippen LogP contribution < -0.4 is 0 Å². The molecular formula is C16H24N4O2S. The van der Waals surface area contributed by atoms with Crippen LogP contribution in [-0.4, -0.2) is 62.2 Å². The van der Waals surface area contributed by atoms with Gasteiger partial charge in [-0.05, 0) is 31.7 Å². The smallest absolute Gasteiger partial charge is 0.246 e. The molecule has 1 saturated carbocycles. The van der Waals surface area contributed by atoms with E-state index in [-0.39, 0.29) is 35.7 Å².